The molecule has 0 saturated carbocycles. The Morgan fingerprint density at radius 2 is 1.76 bits per heavy atom. The highest BCUT2D eigenvalue weighted by Gasteiger charge is 2.33. The van der Waals surface area contributed by atoms with E-state index in [2.05, 4.69) is 16.7 Å². The van der Waals surface area contributed by atoms with Crippen LogP contribution in [0.15, 0.2) is 48.5 Å². The van der Waals surface area contributed by atoms with E-state index in [1.807, 2.05) is 69.3 Å². The topological polar surface area (TPSA) is 74.2 Å². The number of alkyl carbamates (subject to hydrolysis) is 1. The Morgan fingerprint density at radius 3 is 2.31 bits per heavy atom. The molecule has 0 aromatic heterocycles. The van der Waals surface area contributed by atoms with Gasteiger partial charge in [-0.25, -0.2) is 4.79 Å². The first-order chi connectivity index (χ1) is 13.7. The molecule has 29 heavy (non-hydrogen) atoms. The van der Waals surface area contributed by atoms with E-state index in [0.29, 0.717) is 17.1 Å². The molecule has 0 aliphatic carbocycles. The molecule has 1 fully saturated rings. The number of benzene rings is 2. The van der Waals surface area contributed by atoms with Crippen molar-refractivity contribution in [3.8, 4) is 6.07 Å². The molecule has 0 radical (unpaired) electrons. The van der Waals surface area contributed by atoms with Gasteiger partial charge in [0.25, 0.3) is 0 Å². The van der Waals surface area contributed by atoms with Crippen molar-refractivity contribution in [2.45, 2.75) is 50.8 Å². The Balaban J connectivity index is 1.79. The van der Waals surface area contributed by atoms with Crippen LogP contribution in [0.25, 0.3) is 0 Å². The summed E-state index contributed by atoms with van der Waals surface area (Å²) < 4.78 is 5.38. The van der Waals surface area contributed by atoms with Crippen LogP contribution in [-0.2, 0) is 4.74 Å². The van der Waals surface area contributed by atoms with Crippen LogP contribution < -0.4 is 10.6 Å². The number of halogens is 1. The summed E-state index contributed by atoms with van der Waals surface area (Å²) in [6.45, 7) is 6.22. The van der Waals surface area contributed by atoms with Crippen molar-refractivity contribution in [1.82, 2.24) is 10.6 Å². The molecular weight excluding hydrogens is 386 g/mol. The van der Waals surface area contributed by atoms with Crippen LogP contribution in [0.2, 0.25) is 5.02 Å². The molecule has 2 aromatic rings. The molecule has 3 atom stereocenters. The van der Waals surface area contributed by atoms with Crippen molar-refractivity contribution in [1.29, 1.82) is 5.26 Å². The second-order valence-corrected chi connectivity index (χ2v) is 8.79. The van der Waals surface area contributed by atoms with Gasteiger partial charge in [0.2, 0.25) is 0 Å². The molecule has 1 aliphatic heterocycles. The summed E-state index contributed by atoms with van der Waals surface area (Å²) in [7, 11) is 0. The van der Waals surface area contributed by atoms with Gasteiger partial charge in [0.1, 0.15) is 5.60 Å². The van der Waals surface area contributed by atoms with E-state index in [4.69, 9.17) is 21.6 Å². The average Bonchev–Trinajstić information content (AvgIpc) is 3.10. The smallest absolute Gasteiger partial charge is 0.407 e. The molecule has 1 unspecified atom stereocenters. The zero-order valence-electron chi connectivity index (χ0n) is 16.9. The number of nitrogens with zero attached hydrogens (tertiary/aromatic N) is 1. The summed E-state index contributed by atoms with van der Waals surface area (Å²) >= 11 is 6.08. The summed E-state index contributed by atoms with van der Waals surface area (Å²) in [5.41, 5.74) is 2.35. The first kappa shape index (κ1) is 21.2. The van der Waals surface area contributed by atoms with Crippen LogP contribution in [0, 0.1) is 11.3 Å². The average molecular weight is 412 g/mol. The fraction of sp³-hybridized carbons (Fsp3) is 0.391. The normalized spacial score (nSPS) is 20.0. The van der Waals surface area contributed by atoms with E-state index in [9.17, 15) is 4.79 Å². The van der Waals surface area contributed by atoms with Gasteiger partial charge in [0.05, 0.1) is 11.6 Å². The maximum absolute atomic E-state index is 12.1. The van der Waals surface area contributed by atoms with Crippen molar-refractivity contribution < 1.29 is 9.53 Å². The second-order valence-electron chi connectivity index (χ2n) is 8.36. The molecule has 1 aliphatic rings. The van der Waals surface area contributed by atoms with Crippen LogP contribution in [0.1, 0.15) is 49.8 Å². The van der Waals surface area contributed by atoms with Crippen molar-refractivity contribution in [3.05, 3.63) is 70.2 Å². The maximum atomic E-state index is 12.1. The lowest BCUT2D eigenvalue weighted by molar-refractivity contribution is 0.0508. The molecule has 2 aromatic carbocycles. The highest BCUT2D eigenvalue weighted by Crippen LogP contribution is 2.33. The fourth-order valence-corrected chi connectivity index (χ4v) is 3.82. The van der Waals surface area contributed by atoms with Crippen molar-refractivity contribution in [3.63, 3.8) is 0 Å². The van der Waals surface area contributed by atoms with Crippen LogP contribution >= 0.6 is 11.6 Å². The third-order valence-corrected chi connectivity index (χ3v) is 5.17. The van der Waals surface area contributed by atoms with Crippen molar-refractivity contribution in [2.24, 2.45) is 0 Å². The molecular formula is C23H26ClN3O2. The molecule has 1 amide bonds. The quantitative estimate of drug-likeness (QED) is 0.771. The Hall–Kier alpha value is -2.55. The third kappa shape index (κ3) is 5.72. The van der Waals surface area contributed by atoms with Crippen LogP contribution in [-0.4, -0.2) is 30.3 Å². The minimum absolute atomic E-state index is 0.0111. The zero-order valence-corrected chi connectivity index (χ0v) is 17.7. The molecule has 5 nitrogen and oxygen atoms in total. The van der Waals surface area contributed by atoms with E-state index >= 15 is 0 Å². The Morgan fingerprint density at radius 1 is 1.17 bits per heavy atom. The maximum Gasteiger partial charge on any atom is 0.407 e. The molecule has 3 rings (SSSR count). The molecule has 6 heteroatoms. The highest BCUT2D eigenvalue weighted by atomic mass is 35.5. The van der Waals surface area contributed by atoms with Crippen LogP contribution in [0.3, 0.4) is 0 Å². The van der Waals surface area contributed by atoms with E-state index in [-0.39, 0.29) is 18.0 Å². The van der Waals surface area contributed by atoms with Gasteiger partial charge in [-0.15, -0.1) is 0 Å². The monoisotopic (exact) mass is 411 g/mol. The number of hydrogen-bond donors (Lipinski definition) is 2. The zero-order chi connectivity index (χ0) is 21.0. The number of amides is 1. The van der Waals surface area contributed by atoms with E-state index in [0.717, 1.165) is 17.5 Å². The predicted octanol–water partition coefficient (Wildman–Crippen LogP) is 4.60. The molecule has 152 valence electrons. The van der Waals surface area contributed by atoms with E-state index in [1.54, 1.807) is 0 Å². The lowest BCUT2D eigenvalue weighted by Gasteiger charge is -2.25. The van der Waals surface area contributed by atoms with Gasteiger partial charge in [0, 0.05) is 29.6 Å². The van der Waals surface area contributed by atoms with Gasteiger partial charge < -0.3 is 15.4 Å². The van der Waals surface area contributed by atoms with Gasteiger partial charge in [-0.1, -0.05) is 35.9 Å². The number of nitrogens with one attached hydrogen (secondary N) is 2. The number of nitriles is 1. The number of ether oxygens (including phenoxy) is 1. The summed E-state index contributed by atoms with van der Waals surface area (Å²) in [4.78, 5) is 12.1. The van der Waals surface area contributed by atoms with Gasteiger partial charge >= 0.3 is 6.09 Å². The predicted molar refractivity (Wildman–Crippen MR) is 114 cm³/mol. The molecule has 0 spiro atoms. The van der Waals surface area contributed by atoms with Gasteiger partial charge in [-0.05, 0) is 62.6 Å². The number of rotatable bonds is 4. The van der Waals surface area contributed by atoms with Crippen LogP contribution in [0.4, 0.5) is 4.79 Å². The molecule has 1 saturated heterocycles. The Bertz CT molecular complexity index is 882. The summed E-state index contributed by atoms with van der Waals surface area (Å²) in [5, 5.41) is 16.3. The summed E-state index contributed by atoms with van der Waals surface area (Å²) in [6.07, 6.45) is 0.373. The standard InChI is InChI=1S/C23H26ClN3O2/c1-23(2,3)29-22(28)27-19-12-20(26-14-19)21(17-8-10-18(24)11-9-17)16-6-4-15(13-25)5-7-16/h4-11,19-21,26H,12,14H2,1-3H3,(H,27,28)/t19-,20?,21-/m1/s1. The van der Waals surface area contributed by atoms with Crippen molar-refractivity contribution in [2.75, 3.05) is 6.54 Å². The van der Waals surface area contributed by atoms with Crippen LogP contribution in [0.5, 0.6) is 0 Å². The van der Waals surface area contributed by atoms with Gasteiger partial charge in [0.15, 0.2) is 0 Å². The lowest BCUT2D eigenvalue weighted by atomic mass is 9.83. The number of carbonyl (C=O) groups excluding carboxylic acids is 1. The fourth-order valence-electron chi connectivity index (χ4n) is 3.70. The molecule has 0 bridgehead atoms. The first-order valence-electron chi connectivity index (χ1n) is 9.73. The first-order valence-corrected chi connectivity index (χ1v) is 10.1. The lowest BCUT2D eigenvalue weighted by Crippen LogP contribution is -2.40. The summed E-state index contributed by atoms with van der Waals surface area (Å²) in [6, 6.07) is 17.8. The Kier molecular flexibility index (Phi) is 6.46. The van der Waals surface area contributed by atoms with Crippen molar-refractivity contribution >= 4 is 17.7 Å². The number of hydrogen-bond acceptors (Lipinski definition) is 4. The third-order valence-electron chi connectivity index (χ3n) is 4.92. The SMILES string of the molecule is CC(C)(C)OC(=O)N[C@H]1CNC([C@@H](c2ccc(Cl)cc2)c2ccc(C#N)cc2)C1. The Labute approximate surface area is 177 Å². The van der Waals surface area contributed by atoms with Gasteiger partial charge in [-0.3, -0.25) is 0 Å². The molecule has 1 heterocycles. The van der Waals surface area contributed by atoms with Gasteiger partial charge in [-0.2, -0.15) is 5.26 Å². The largest absolute Gasteiger partial charge is 0.444 e. The second kappa shape index (κ2) is 8.86. The highest BCUT2D eigenvalue weighted by molar-refractivity contribution is 6.30. The summed E-state index contributed by atoms with van der Waals surface area (Å²) in [5.74, 6) is 0.0745. The van der Waals surface area contributed by atoms with E-state index in [1.165, 1.54) is 0 Å². The van der Waals surface area contributed by atoms with E-state index < -0.39 is 11.7 Å². The minimum atomic E-state index is -0.524. The molecule has 2 N–H and O–H groups in total. The minimum Gasteiger partial charge on any atom is -0.444 e. The number of carbonyl (C=O) groups is 1.